The first-order valence-electron chi connectivity index (χ1n) is 11.6. The number of piperidine rings is 1. The molecule has 3 heterocycles. The van der Waals surface area contributed by atoms with Crippen molar-refractivity contribution < 1.29 is 14.3 Å². The third kappa shape index (κ3) is 5.74. The van der Waals surface area contributed by atoms with Gasteiger partial charge in [0.25, 0.3) is 5.91 Å². The van der Waals surface area contributed by atoms with Gasteiger partial charge in [0.05, 0.1) is 10.4 Å². The molecule has 2 aromatic heterocycles. The molecule has 0 aliphatic carbocycles. The summed E-state index contributed by atoms with van der Waals surface area (Å²) < 4.78 is 5.56. The Labute approximate surface area is 208 Å². The van der Waals surface area contributed by atoms with Crippen LogP contribution in [0.1, 0.15) is 38.2 Å². The number of aromatic nitrogens is 3. The van der Waals surface area contributed by atoms with Gasteiger partial charge in [-0.25, -0.2) is 9.97 Å². The largest absolute Gasteiger partial charge is 0.482 e. The molecule has 0 radical (unpaired) electrons. The number of rotatable bonds is 8. The molecule has 0 spiro atoms. The van der Waals surface area contributed by atoms with Crippen LogP contribution in [-0.2, 0) is 9.59 Å². The molecule has 1 fully saturated rings. The standard InChI is InChI=1S/C25H29ClN6O3/c1-4-22(34)32-9-7-16(8-10-32)18-12-27-24-23(18)25(29-14-28-24)31-17-5-6-20(19(26)11-17)35-13-21(33)30-15(2)3/h4-6,11-12,14-16H,1,7-10,13H2,2-3H3,(H,30,33)(H2,27,28,29,31). The van der Waals surface area contributed by atoms with Gasteiger partial charge in [-0.3, -0.25) is 9.59 Å². The van der Waals surface area contributed by atoms with Crippen molar-refractivity contribution in [1.29, 1.82) is 0 Å². The molecule has 1 aliphatic rings. The smallest absolute Gasteiger partial charge is 0.258 e. The maximum atomic E-state index is 11.9. The van der Waals surface area contributed by atoms with Crippen LogP contribution in [0.3, 0.4) is 0 Å². The Hall–Kier alpha value is -3.59. The van der Waals surface area contributed by atoms with Gasteiger partial charge in [0.1, 0.15) is 23.5 Å². The Balaban J connectivity index is 1.50. The van der Waals surface area contributed by atoms with E-state index in [1.54, 1.807) is 12.1 Å². The van der Waals surface area contributed by atoms with Crippen molar-refractivity contribution in [3.05, 3.63) is 54.0 Å². The summed E-state index contributed by atoms with van der Waals surface area (Å²) in [6.07, 6.45) is 6.55. The van der Waals surface area contributed by atoms with Crippen molar-refractivity contribution in [2.75, 3.05) is 25.0 Å². The molecule has 0 saturated carbocycles. The second-order valence-electron chi connectivity index (χ2n) is 8.77. The minimum absolute atomic E-state index is 0.0297. The van der Waals surface area contributed by atoms with Gasteiger partial charge in [-0.15, -0.1) is 0 Å². The number of likely N-dealkylation sites (tertiary alicyclic amines) is 1. The summed E-state index contributed by atoms with van der Waals surface area (Å²) >= 11 is 6.41. The molecule has 4 rings (SSSR count). The lowest BCUT2D eigenvalue weighted by Crippen LogP contribution is -2.36. The number of hydrogen-bond donors (Lipinski definition) is 3. The lowest BCUT2D eigenvalue weighted by Gasteiger charge is -2.31. The van der Waals surface area contributed by atoms with Gasteiger partial charge < -0.3 is 25.3 Å². The van der Waals surface area contributed by atoms with Crippen LogP contribution in [0.25, 0.3) is 11.0 Å². The summed E-state index contributed by atoms with van der Waals surface area (Å²) in [6, 6.07) is 5.31. The number of halogens is 1. The Bertz CT molecular complexity index is 1230. The van der Waals surface area contributed by atoms with Crippen LogP contribution in [0.15, 0.2) is 43.4 Å². The van der Waals surface area contributed by atoms with Gasteiger partial charge in [-0.05, 0) is 62.4 Å². The Morgan fingerprint density at radius 2 is 2.09 bits per heavy atom. The van der Waals surface area contributed by atoms with Gasteiger partial charge >= 0.3 is 0 Å². The van der Waals surface area contributed by atoms with Crippen LogP contribution in [0.4, 0.5) is 11.5 Å². The van der Waals surface area contributed by atoms with Crippen molar-refractivity contribution >= 4 is 46.0 Å². The molecular weight excluding hydrogens is 468 g/mol. The molecule has 184 valence electrons. The van der Waals surface area contributed by atoms with E-state index in [0.717, 1.165) is 35.1 Å². The highest BCUT2D eigenvalue weighted by Crippen LogP contribution is 2.37. The predicted octanol–water partition coefficient (Wildman–Crippen LogP) is 4.15. The van der Waals surface area contributed by atoms with Crippen LogP contribution >= 0.6 is 11.6 Å². The predicted molar refractivity (Wildman–Crippen MR) is 136 cm³/mol. The van der Waals surface area contributed by atoms with Gasteiger partial charge in [0, 0.05) is 31.0 Å². The lowest BCUT2D eigenvalue weighted by molar-refractivity contribution is -0.127. The second-order valence-corrected chi connectivity index (χ2v) is 9.18. The molecule has 10 heteroatoms. The number of benzene rings is 1. The third-order valence-corrected chi connectivity index (χ3v) is 6.22. The van der Waals surface area contributed by atoms with E-state index < -0.39 is 0 Å². The average molecular weight is 497 g/mol. The molecule has 1 aromatic carbocycles. The molecule has 0 atom stereocenters. The molecule has 0 bridgehead atoms. The zero-order chi connectivity index (χ0) is 24.9. The Morgan fingerprint density at radius 1 is 1.31 bits per heavy atom. The molecule has 1 saturated heterocycles. The average Bonchev–Trinajstić information content (AvgIpc) is 3.28. The topological polar surface area (TPSA) is 112 Å². The monoisotopic (exact) mass is 496 g/mol. The molecule has 2 amide bonds. The van der Waals surface area contributed by atoms with E-state index in [0.29, 0.717) is 29.7 Å². The fraction of sp³-hybridized carbons (Fsp3) is 0.360. The summed E-state index contributed by atoms with van der Waals surface area (Å²) in [5.74, 6) is 1.13. The first-order chi connectivity index (χ1) is 16.9. The number of anilines is 2. The number of hydrogen-bond acceptors (Lipinski definition) is 6. The van der Waals surface area contributed by atoms with Crippen molar-refractivity contribution in [3.8, 4) is 5.75 Å². The number of ether oxygens (including phenoxy) is 1. The molecule has 3 aromatic rings. The highest BCUT2D eigenvalue weighted by molar-refractivity contribution is 6.32. The van der Waals surface area contributed by atoms with Crippen LogP contribution in [0.2, 0.25) is 5.02 Å². The summed E-state index contributed by atoms with van der Waals surface area (Å²) in [7, 11) is 0. The maximum Gasteiger partial charge on any atom is 0.258 e. The fourth-order valence-electron chi connectivity index (χ4n) is 4.28. The van der Waals surface area contributed by atoms with Gasteiger partial charge in [-0.1, -0.05) is 18.2 Å². The molecule has 3 N–H and O–H groups in total. The number of H-pyrrole nitrogens is 1. The van der Waals surface area contributed by atoms with E-state index in [4.69, 9.17) is 16.3 Å². The molecule has 1 aliphatic heterocycles. The normalized spacial score (nSPS) is 14.2. The first kappa shape index (κ1) is 24.5. The van der Waals surface area contributed by atoms with Crippen LogP contribution < -0.4 is 15.4 Å². The van der Waals surface area contributed by atoms with Gasteiger partial charge in [0.15, 0.2) is 6.61 Å². The highest BCUT2D eigenvalue weighted by atomic mass is 35.5. The summed E-state index contributed by atoms with van der Waals surface area (Å²) in [5, 5.41) is 7.41. The number of aromatic amines is 1. The Morgan fingerprint density at radius 3 is 2.77 bits per heavy atom. The van der Waals surface area contributed by atoms with Crippen molar-refractivity contribution in [2.24, 2.45) is 0 Å². The number of amides is 2. The van der Waals surface area contributed by atoms with Crippen molar-refractivity contribution in [3.63, 3.8) is 0 Å². The number of nitrogens with zero attached hydrogens (tertiary/aromatic N) is 3. The molecule has 0 unspecified atom stereocenters. The number of carbonyl (C=O) groups excluding carboxylic acids is 2. The SMILES string of the molecule is C=CC(=O)N1CCC(c2c[nH]c3ncnc(Nc4ccc(OCC(=O)NC(C)C)c(Cl)c4)c23)CC1. The maximum absolute atomic E-state index is 11.9. The van der Waals surface area contributed by atoms with E-state index >= 15 is 0 Å². The van der Waals surface area contributed by atoms with E-state index in [-0.39, 0.29) is 30.4 Å². The van der Waals surface area contributed by atoms with Crippen molar-refractivity contribution in [2.45, 2.75) is 38.6 Å². The van der Waals surface area contributed by atoms with Gasteiger partial charge in [-0.2, -0.15) is 0 Å². The summed E-state index contributed by atoms with van der Waals surface area (Å²) in [6.45, 7) is 8.62. The van der Waals surface area contributed by atoms with Crippen LogP contribution in [0, 0.1) is 0 Å². The van der Waals surface area contributed by atoms with E-state index in [1.807, 2.05) is 31.0 Å². The summed E-state index contributed by atoms with van der Waals surface area (Å²) in [4.78, 5) is 37.7. The zero-order valence-corrected chi connectivity index (χ0v) is 20.6. The number of fused-ring (bicyclic) bond motifs is 1. The second kappa shape index (κ2) is 10.8. The van der Waals surface area contributed by atoms with Crippen LogP contribution in [-0.4, -0.2) is 57.4 Å². The minimum Gasteiger partial charge on any atom is -0.482 e. The third-order valence-electron chi connectivity index (χ3n) is 5.92. The number of nitrogens with one attached hydrogen (secondary N) is 3. The minimum atomic E-state index is -0.207. The quantitative estimate of drug-likeness (QED) is 0.404. The molecule has 35 heavy (non-hydrogen) atoms. The molecular formula is C25H29ClN6O3. The van der Waals surface area contributed by atoms with Gasteiger partial charge in [0.2, 0.25) is 5.91 Å². The lowest BCUT2D eigenvalue weighted by atomic mass is 9.89. The Kier molecular flexibility index (Phi) is 7.55. The van der Waals surface area contributed by atoms with E-state index in [2.05, 4.69) is 32.2 Å². The van der Waals surface area contributed by atoms with Crippen molar-refractivity contribution in [1.82, 2.24) is 25.2 Å². The van der Waals surface area contributed by atoms with E-state index in [1.165, 1.54) is 12.4 Å². The van der Waals surface area contributed by atoms with E-state index in [9.17, 15) is 9.59 Å². The number of carbonyl (C=O) groups is 2. The first-order valence-corrected chi connectivity index (χ1v) is 12.0. The zero-order valence-electron chi connectivity index (χ0n) is 19.8. The fourth-order valence-corrected chi connectivity index (χ4v) is 4.52. The highest BCUT2D eigenvalue weighted by Gasteiger charge is 2.26. The van der Waals surface area contributed by atoms with Crippen LogP contribution in [0.5, 0.6) is 5.75 Å². The summed E-state index contributed by atoms with van der Waals surface area (Å²) in [5.41, 5.74) is 2.59. The molecule has 9 nitrogen and oxygen atoms in total.